The highest BCUT2D eigenvalue weighted by atomic mass is 35.5. The molecule has 0 radical (unpaired) electrons. The van der Waals surface area contributed by atoms with Crippen LogP contribution in [0, 0.1) is 0 Å². The molecule has 0 aromatic carbocycles. The molecule has 1 aliphatic rings. The van der Waals surface area contributed by atoms with Gasteiger partial charge in [-0.1, -0.05) is 11.6 Å². The van der Waals surface area contributed by atoms with Crippen LogP contribution >= 0.6 is 11.6 Å². The van der Waals surface area contributed by atoms with Crippen LogP contribution in [0.25, 0.3) is 0 Å². The van der Waals surface area contributed by atoms with E-state index in [2.05, 4.69) is 9.88 Å². The summed E-state index contributed by atoms with van der Waals surface area (Å²) in [5, 5.41) is -0.105. The summed E-state index contributed by atoms with van der Waals surface area (Å²) in [6.07, 6.45) is 3.16. The van der Waals surface area contributed by atoms with E-state index in [0.717, 1.165) is 0 Å². The van der Waals surface area contributed by atoms with Crippen molar-refractivity contribution in [2.75, 3.05) is 26.2 Å². The summed E-state index contributed by atoms with van der Waals surface area (Å²) in [5.74, 6) is 0.628. The summed E-state index contributed by atoms with van der Waals surface area (Å²) < 4.78 is 29.4. The van der Waals surface area contributed by atoms with E-state index in [1.54, 1.807) is 32.3 Å². The number of halogens is 1. The number of nitrogens with zero attached hydrogens (tertiary/aromatic N) is 2. The van der Waals surface area contributed by atoms with Crippen molar-refractivity contribution in [3.8, 4) is 5.75 Å². The molecule has 0 spiro atoms. The number of rotatable bonds is 4. The second-order valence-corrected chi connectivity index (χ2v) is 8.38. The lowest BCUT2D eigenvalue weighted by Crippen LogP contribution is -2.51. The molecule has 5 nitrogen and oxygen atoms in total. The van der Waals surface area contributed by atoms with Crippen molar-refractivity contribution in [1.82, 2.24) is 9.88 Å². The smallest absolute Gasteiger partial charge is 0.157 e. The van der Waals surface area contributed by atoms with Crippen molar-refractivity contribution >= 4 is 21.4 Å². The Kier molecular flexibility index (Phi) is 4.88. The number of aromatic nitrogens is 1. The molecular formula is C13H19ClN2O3S. The van der Waals surface area contributed by atoms with E-state index < -0.39 is 9.84 Å². The third kappa shape index (κ3) is 3.62. The molecule has 1 aromatic heterocycles. The molecule has 0 saturated carbocycles. The van der Waals surface area contributed by atoms with Crippen LogP contribution in [0.5, 0.6) is 5.75 Å². The summed E-state index contributed by atoms with van der Waals surface area (Å²) in [4.78, 5) is 6.06. The molecule has 0 aliphatic carbocycles. The number of hydrogen-bond donors (Lipinski definition) is 0. The molecule has 1 fully saturated rings. The van der Waals surface area contributed by atoms with E-state index in [-0.39, 0.29) is 10.5 Å². The van der Waals surface area contributed by atoms with Crippen LogP contribution < -0.4 is 4.74 Å². The standard InChI is InChI=1S/C13H19ClN2O3S/c1-10-8-16(9-11(2)20(10,17)18)3-4-19-13-5-12(14)6-15-7-13/h5-7,10-11H,3-4,8-9H2,1-2H3. The topological polar surface area (TPSA) is 59.5 Å². The van der Waals surface area contributed by atoms with Gasteiger partial charge in [0.15, 0.2) is 9.84 Å². The summed E-state index contributed by atoms with van der Waals surface area (Å²) in [6, 6.07) is 1.71. The van der Waals surface area contributed by atoms with E-state index in [0.29, 0.717) is 37.0 Å². The second kappa shape index (κ2) is 6.28. The minimum Gasteiger partial charge on any atom is -0.491 e. The fraction of sp³-hybridized carbons (Fsp3) is 0.615. The van der Waals surface area contributed by atoms with Gasteiger partial charge in [-0.15, -0.1) is 0 Å². The van der Waals surface area contributed by atoms with Crippen molar-refractivity contribution in [3.05, 3.63) is 23.5 Å². The Labute approximate surface area is 124 Å². The van der Waals surface area contributed by atoms with Gasteiger partial charge in [-0.25, -0.2) is 8.42 Å². The first-order chi connectivity index (χ1) is 9.39. The van der Waals surface area contributed by atoms with Crippen molar-refractivity contribution in [1.29, 1.82) is 0 Å². The first-order valence-electron chi connectivity index (χ1n) is 6.58. The van der Waals surface area contributed by atoms with E-state index in [4.69, 9.17) is 16.3 Å². The van der Waals surface area contributed by atoms with E-state index in [1.807, 2.05) is 0 Å². The van der Waals surface area contributed by atoms with Crippen molar-refractivity contribution < 1.29 is 13.2 Å². The summed E-state index contributed by atoms with van der Waals surface area (Å²) in [6.45, 7) is 5.82. The highest BCUT2D eigenvalue weighted by molar-refractivity contribution is 7.92. The van der Waals surface area contributed by atoms with Crippen LogP contribution in [0.3, 0.4) is 0 Å². The van der Waals surface area contributed by atoms with Gasteiger partial charge in [0.25, 0.3) is 0 Å². The van der Waals surface area contributed by atoms with Gasteiger partial charge in [-0.2, -0.15) is 0 Å². The zero-order chi connectivity index (χ0) is 14.8. The van der Waals surface area contributed by atoms with Gasteiger partial charge in [0, 0.05) is 31.9 Å². The van der Waals surface area contributed by atoms with E-state index in [9.17, 15) is 8.42 Å². The maximum Gasteiger partial charge on any atom is 0.157 e. The molecule has 2 unspecified atom stereocenters. The first kappa shape index (κ1) is 15.5. The quantitative estimate of drug-likeness (QED) is 0.844. The molecule has 2 atom stereocenters. The van der Waals surface area contributed by atoms with Gasteiger partial charge in [0.2, 0.25) is 0 Å². The largest absolute Gasteiger partial charge is 0.491 e. The predicted octanol–water partition coefficient (Wildman–Crippen LogP) is 1.62. The minimum absolute atomic E-state index is 0.320. The Morgan fingerprint density at radius 1 is 1.35 bits per heavy atom. The SMILES string of the molecule is CC1CN(CCOc2cncc(Cl)c2)CC(C)S1(=O)=O. The van der Waals surface area contributed by atoms with Gasteiger partial charge in [-0.3, -0.25) is 9.88 Å². The van der Waals surface area contributed by atoms with Crippen LogP contribution in [-0.4, -0.2) is 55.0 Å². The Morgan fingerprint density at radius 3 is 2.60 bits per heavy atom. The molecule has 1 aromatic rings. The zero-order valence-corrected chi connectivity index (χ0v) is 13.2. The molecular weight excluding hydrogens is 300 g/mol. The van der Waals surface area contributed by atoms with Crippen LogP contribution in [0.2, 0.25) is 5.02 Å². The van der Waals surface area contributed by atoms with E-state index >= 15 is 0 Å². The first-order valence-corrected chi connectivity index (χ1v) is 8.56. The fourth-order valence-corrected chi connectivity index (χ4v) is 4.15. The lowest BCUT2D eigenvalue weighted by molar-refractivity contribution is 0.202. The molecule has 2 rings (SSSR count). The maximum atomic E-state index is 11.9. The molecule has 0 amide bonds. The molecule has 1 aliphatic heterocycles. The average Bonchev–Trinajstić information content (AvgIpc) is 2.36. The van der Waals surface area contributed by atoms with Crippen molar-refractivity contribution in [2.24, 2.45) is 0 Å². The molecule has 0 bridgehead atoms. The summed E-state index contributed by atoms with van der Waals surface area (Å²) >= 11 is 5.82. The van der Waals surface area contributed by atoms with Crippen molar-refractivity contribution in [2.45, 2.75) is 24.3 Å². The highest BCUT2D eigenvalue weighted by Crippen LogP contribution is 2.19. The normalized spacial score (nSPS) is 26.4. The van der Waals surface area contributed by atoms with Crippen LogP contribution in [0.4, 0.5) is 0 Å². The van der Waals surface area contributed by atoms with E-state index in [1.165, 1.54) is 0 Å². The third-order valence-corrected chi connectivity index (χ3v) is 6.26. The van der Waals surface area contributed by atoms with Crippen molar-refractivity contribution in [3.63, 3.8) is 0 Å². The molecule has 112 valence electrons. The third-order valence-electron chi connectivity index (χ3n) is 3.51. The number of ether oxygens (including phenoxy) is 1. The van der Waals surface area contributed by atoms with Gasteiger partial charge in [0.1, 0.15) is 12.4 Å². The monoisotopic (exact) mass is 318 g/mol. The van der Waals surface area contributed by atoms with Gasteiger partial charge >= 0.3 is 0 Å². The van der Waals surface area contributed by atoms with Crippen LogP contribution in [-0.2, 0) is 9.84 Å². The van der Waals surface area contributed by atoms with Gasteiger partial charge < -0.3 is 4.74 Å². The molecule has 1 saturated heterocycles. The zero-order valence-electron chi connectivity index (χ0n) is 11.6. The predicted molar refractivity (Wildman–Crippen MR) is 79.0 cm³/mol. The Hall–Kier alpha value is -0.850. The minimum atomic E-state index is -2.97. The average molecular weight is 319 g/mol. The number of hydrogen-bond acceptors (Lipinski definition) is 5. The van der Waals surface area contributed by atoms with Gasteiger partial charge in [-0.05, 0) is 13.8 Å². The van der Waals surface area contributed by atoms with Gasteiger partial charge in [0.05, 0.1) is 21.7 Å². The summed E-state index contributed by atoms with van der Waals surface area (Å²) in [7, 11) is -2.97. The fourth-order valence-electron chi connectivity index (χ4n) is 2.35. The molecule has 20 heavy (non-hydrogen) atoms. The number of sulfone groups is 1. The Bertz CT molecular complexity index is 546. The Balaban J connectivity index is 1.84. The highest BCUT2D eigenvalue weighted by Gasteiger charge is 2.35. The maximum absolute atomic E-state index is 11.9. The van der Waals surface area contributed by atoms with Crippen LogP contribution in [0.1, 0.15) is 13.8 Å². The molecule has 2 heterocycles. The molecule has 0 N–H and O–H groups in total. The lowest BCUT2D eigenvalue weighted by atomic mass is 10.3. The number of pyridine rings is 1. The second-order valence-electron chi connectivity index (χ2n) is 5.16. The lowest BCUT2D eigenvalue weighted by Gasteiger charge is -2.34. The Morgan fingerprint density at radius 2 is 2.00 bits per heavy atom. The van der Waals surface area contributed by atoms with Crippen LogP contribution in [0.15, 0.2) is 18.5 Å². The summed E-state index contributed by atoms with van der Waals surface area (Å²) in [5.41, 5.74) is 0. The molecule has 7 heteroatoms.